The van der Waals surface area contributed by atoms with Crippen molar-refractivity contribution in [1.29, 1.82) is 0 Å². The topological polar surface area (TPSA) is 64.8 Å². The first-order valence-corrected chi connectivity index (χ1v) is 11.7. The fourth-order valence-corrected chi connectivity index (χ4v) is 4.94. The molecule has 3 aromatic carbocycles. The monoisotopic (exact) mass is 441 g/mol. The summed E-state index contributed by atoms with van der Waals surface area (Å²) in [7, 11) is 0. The summed E-state index contributed by atoms with van der Waals surface area (Å²) < 4.78 is 0. The smallest absolute Gasteiger partial charge is 0.255 e. The van der Waals surface area contributed by atoms with Gasteiger partial charge in [-0.2, -0.15) is 0 Å². The number of carbonyl (C=O) groups excluding carboxylic acids is 1. The summed E-state index contributed by atoms with van der Waals surface area (Å²) in [6.45, 7) is 7.11. The van der Waals surface area contributed by atoms with E-state index in [1.165, 1.54) is 5.69 Å². The second-order valence-electron chi connectivity index (χ2n) is 8.92. The van der Waals surface area contributed by atoms with Crippen LogP contribution in [0.3, 0.4) is 0 Å². The molecule has 33 heavy (non-hydrogen) atoms. The van der Waals surface area contributed by atoms with E-state index in [1.54, 1.807) is 0 Å². The van der Waals surface area contributed by atoms with Gasteiger partial charge >= 0.3 is 0 Å². The van der Waals surface area contributed by atoms with E-state index < -0.39 is 0 Å². The van der Waals surface area contributed by atoms with Crippen LogP contribution in [-0.2, 0) is 0 Å². The Bertz CT molecular complexity index is 1090. The van der Waals surface area contributed by atoms with E-state index in [4.69, 9.17) is 5.73 Å². The van der Waals surface area contributed by atoms with Crippen molar-refractivity contribution in [3.05, 3.63) is 90.0 Å². The number of nitrogen functional groups attached to an aromatic ring is 1. The van der Waals surface area contributed by atoms with Crippen molar-refractivity contribution in [1.82, 2.24) is 10.2 Å². The van der Waals surface area contributed by atoms with Crippen molar-refractivity contribution in [2.45, 2.75) is 19.1 Å². The number of carbonyl (C=O) groups is 1. The van der Waals surface area contributed by atoms with E-state index in [9.17, 15) is 4.79 Å². The molecule has 1 fully saturated rings. The maximum atomic E-state index is 12.8. The molecule has 2 unspecified atom stereocenters. The highest BCUT2D eigenvalue weighted by atomic mass is 16.2. The van der Waals surface area contributed by atoms with Crippen molar-refractivity contribution in [2.24, 2.45) is 0 Å². The minimum absolute atomic E-state index is 0.0135. The lowest BCUT2D eigenvalue weighted by molar-refractivity contribution is 0.0923. The highest BCUT2D eigenvalue weighted by Crippen LogP contribution is 2.33. The van der Waals surface area contributed by atoms with Gasteiger partial charge in [0.2, 0.25) is 0 Å². The van der Waals surface area contributed by atoms with Gasteiger partial charge in [-0.05, 0) is 48.9 Å². The Hall–Kier alpha value is -3.51. The Morgan fingerprint density at radius 1 is 0.909 bits per heavy atom. The van der Waals surface area contributed by atoms with Crippen LogP contribution in [0.1, 0.15) is 29.0 Å². The van der Waals surface area contributed by atoms with Gasteiger partial charge in [-0.25, -0.2) is 0 Å². The van der Waals surface area contributed by atoms with Gasteiger partial charge in [0.15, 0.2) is 0 Å². The summed E-state index contributed by atoms with van der Waals surface area (Å²) in [5.74, 6) is -0.0135. The van der Waals surface area contributed by atoms with Gasteiger partial charge in [0, 0.05) is 50.1 Å². The Kier molecular flexibility index (Phi) is 5.92. The van der Waals surface area contributed by atoms with Crippen molar-refractivity contribution >= 4 is 23.0 Å². The molecule has 1 saturated heterocycles. The number of anilines is 3. The third kappa shape index (κ3) is 4.39. The van der Waals surface area contributed by atoms with Crippen LogP contribution in [-0.4, -0.2) is 49.6 Å². The number of fused-ring (bicyclic) bond motifs is 1. The first kappa shape index (κ1) is 21.3. The zero-order valence-electron chi connectivity index (χ0n) is 19.0. The van der Waals surface area contributed by atoms with E-state index >= 15 is 0 Å². The molecule has 0 radical (unpaired) electrons. The molecule has 0 spiro atoms. The lowest BCUT2D eigenvalue weighted by atomic mass is 10.0. The van der Waals surface area contributed by atoms with E-state index in [-0.39, 0.29) is 12.1 Å². The average Bonchev–Trinajstić information content (AvgIpc) is 2.87. The van der Waals surface area contributed by atoms with E-state index in [1.807, 2.05) is 48.5 Å². The third-order valence-corrected chi connectivity index (χ3v) is 6.81. The summed E-state index contributed by atoms with van der Waals surface area (Å²) in [5, 5.41) is 3.23. The Labute approximate surface area is 195 Å². The SMILES string of the molecule is CC(CN1c2ccccc2C(=O)NC1c1ccccc1)N1CCN(c2ccc(N)cc2)CC1. The molecule has 6 nitrogen and oxygen atoms in total. The molecule has 2 heterocycles. The average molecular weight is 442 g/mol. The largest absolute Gasteiger partial charge is 0.399 e. The van der Waals surface area contributed by atoms with Crippen LogP contribution in [0.5, 0.6) is 0 Å². The molecule has 6 heteroatoms. The van der Waals surface area contributed by atoms with Gasteiger partial charge in [0.25, 0.3) is 5.91 Å². The standard InChI is InChI=1S/C27H31N5O/c1-20(30-15-17-31(18-16-30)23-13-11-22(28)12-14-23)19-32-25-10-6-5-9-24(25)27(33)29-26(32)21-7-3-2-4-8-21/h2-14,20,26H,15-19,28H2,1H3,(H,29,33). The van der Waals surface area contributed by atoms with E-state index in [0.717, 1.165) is 55.2 Å². The van der Waals surface area contributed by atoms with Crippen LogP contribution in [0.15, 0.2) is 78.9 Å². The van der Waals surface area contributed by atoms with Crippen molar-refractivity contribution in [3.63, 3.8) is 0 Å². The number of nitrogens with zero attached hydrogens (tertiary/aromatic N) is 3. The summed E-state index contributed by atoms with van der Waals surface area (Å²) in [6.07, 6.45) is -0.174. The van der Waals surface area contributed by atoms with Crippen LogP contribution in [0.2, 0.25) is 0 Å². The molecule has 3 N–H and O–H groups in total. The lowest BCUT2D eigenvalue weighted by Crippen LogP contribution is -2.55. The fraction of sp³-hybridized carbons (Fsp3) is 0.296. The highest BCUT2D eigenvalue weighted by Gasteiger charge is 2.33. The molecule has 0 aromatic heterocycles. The number of nitrogens with one attached hydrogen (secondary N) is 1. The molecule has 2 aliphatic rings. The first-order chi connectivity index (χ1) is 16.1. The third-order valence-electron chi connectivity index (χ3n) is 6.81. The second kappa shape index (κ2) is 9.16. The number of hydrogen-bond acceptors (Lipinski definition) is 5. The van der Waals surface area contributed by atoms with Crippen LogP contribution >= 0.6 is 0 Å². The second-order valence-corrected chi connectivity index (χ2v) is 8.92. The zero-order chi connectivity index (χ0) is 22.8. The summed E-state index contributed by atoms with van der Waals surface area (Å²) in [5.41, 5.74) is 10.7. The number of para-hydroxylation sites is 1. The predicted octanol–water partition coefficient (Wildman–Crippen LogP) is 3.73. The molecular weight excluding hydrogens is 410 g/mol. The molecule has 170 valence electrons. The number of rotatable bonds is 5. The van der Waals surface area contributed by atoms with Crippen LogP contribution in [0.25, 0.3) is 0 Å². The summed E-state index contributed by atoms with van der Waals surface area (Å²) >= 11 is 0. The number of benzene rings is 3. The Morgan fingerprint density at radius 3 is 2.30 bits per heavy atom. The van der Waals surface area contributed by atoms with Gasteiger partial charge in [0.1, 0.15) is 6.17 Å². The first-order valence-electron chi connectivity index (χ1n) is 11.7. The van der Waals surface area contributed by atoms with E-state index in [0.29, 0.717) is 6.04 Å². The Balaban J connectivity index is 1.32. The van der Waals surface area contributed by atoms with Gasteiger partial charge in [-0.1, -0.05) is 42.5 Å². The molecule has 0 bridgehead atoms. The van der Waals surface area contributed by atoms with Crippen molar-refractivity contribution in [2.75, 3.05) is 48.3 Å². The van der Waals surface area contributed by atoms with E-state index in [2.05, 4.69) is 57.3 Å². The van der Waals surface area contributed by atoms with Gasteiger partial charge in [0.05, 0.1) is 11.3 Å². The van der Waals surface area contributed by atoms with Gasteiger partial charge in [-0.3, -0.25) is 9.69 Å². The molecule has 0 aliphatic carbocycles. The number of piperazine rings is 1. The van der Waals surface area contributed by atoms with Crippen LogP contribution < -0.4 is 20.9 Å². The van der Waals surface area contributed by atoms with Crippen LogP contribution in [0.4, 0.5) is 17.1 Å². The molecule has 0 saturated carbocycles. The van der Waals surface area contributed by atoms with Crippen molar-refractivity contribution in [3.8, 4) is 0 Å². The highest BCUT2D eigenvalue weighted by molar-refractivity contribution is 6.02. The van der Waals surface area contributed by atoms with Crippen LogP contribution in [0, 0.1) is 0 Å². The van der Waals surface area contributed by atoms with Gasteiger partial charge in [-0.15, -0.1) is 0 Å². The predicted molar refractivity (Wildman–Crippen MR) is 135 cm³/mol. The molecule has 1 amide bonds. The minimum atomic E-state index is -0.174. The molecule has 3 aromatic rings. The van der Waals surface area contributed by atoms with Gasteiger partial charge < -0.3 is 20.9 Å². The minimum Gasteiger partial charge on any atom is -0.399 e. The normalized spacial score (nSPS) is 19.7. The maximum Gasteiger partial charge on any atom is 0.255 e. The molecule has 2 aliphatic heterocycles. The lowest BCUT2D eigenvalue weighted by Gasteiger charge is -2.44. The molecular formula is C27H31N5O. The quantitative estimate of drug-likeness (QED) is 0.591. The molecule has 2 atom stereocenters. The zero-order valence-corrected chi connectivity index (χ0v) is 19.0. The summed E-state index contributed by atoms with van der Waals surface area (Å²) in [4.78, 5) is 20.2. The Morgan fingerprint density at radius 2 is 1.58 bits per heavy atom. The van der Waals surface area contributed by atoms with Crippen molar-refractivity contribution < 1.29 is 4.79 Å². The number of amides is 1. The molecule has 5 rings (SSSR count). The maximum absolute atomic E-state index is 12.8. The number of hydrogen-bond donors (Lipinski definition) is 2. The number of nitrogens with two attached hydrogens (primary N) is 1. The summed E-state index contributed by atoms with van der Waals surface area (Å²) in [6, 6.07) is 26.6. The fourth-order valence-electron chi connectivity index (χ4n) is 4.94.